The number of aromatic hydroxyl groups is 1. The maximum atomic E-state index is 11.7. The fourth-order valence-electron chi connectivity index (χ4n) is 1.31. The standard InChI is InChI=1S/C12H18N2O2/c1-3-4-8-13-12(16)14(2)10-6-5-7-11(15)9-10/h5-7,9,15H,3-4,8H2,1-2H3,(H,13,16). The number of phenolic OH excluding ortho intramolecular Hbond substituents is 1. The highest BCUT2D eigenvalue weighted by atomic mass is 16.3. The van der Waals surface area contributed by atoms with Crippen LogP contribution in [0.2, 0.25) is 0 Å². The van der Waals surface area contributed by atoms with Crippen molar-refractivity contribution in [1.29, 1.82) is 0 Å². The van der Waals surface area contributed by atoms with Gasteiger partial charge in [0.25, 0.3) is 0 Å². The minimum atomic E-state index is -0.154. The number of hydrogen-bond donors (Lipinski definition) is 2. The molecule has 0 bridgehead atoms. The van der Waals surface area contributed by atoms with Crippen LogP contribution in [0.15, 0.2) is 24.3 Å². The Balaban J connectivity index is 2.56. The van der Waals surface area contributed by atoms with Gasteiger partial charge in [0.1, 0.15) is 5.75 Å². The van der Waals surface area contributed by atoms with Crippen LogP contribution in [0.1, 0.15) is 19.8 Å². The van der Waals surface area contributed by atoms with Crippen molar-refractivity contribution in [3.05, 3.63) is 24.3 Å². The van der Waals surface area contributed by atoms with Gasteiger partial charge in [0, 0.05) is 25.3 Å². The molecule has 0 saturated carbocycles. The third-order valence-corrected chi connectivity index (χ3v) is 2.33. The topological polar surface area (TPSA) is 52.6 Å². The van der Waals surface area contributed by atoms with Gasteiger partial charge in [-0.15, -0.1) is 0 Å². The average molecular weight is 222 g/mol. The first-order chi connectivity index (χ1) is 7.65. The summed E-state index contributed by atoms with van der Waals surface area (Å²) in [6.45, 7) is 2.75. The summed E-state index contributed by atoms with van der Waals surface area (Å²) < 4.78 is 0. The summed E-state index contributed by atoms with van der Waals surface area (Å²) in [5.74, 6) is 0.158. The summed E-state index contributed by atoms with van der Waals surface area (Å²) >= 11 is 0. The highest BCUT2D eigenvalue weighted by molar-refractivity contribution is 5.91. The Morgan fingerprint density at radius 1 is 1.50 bits per heavy atom. The molecule has 0 aliphatic heterocycles. The molecule has 0 saturated heterocycles. The molecular formula is C12H18N2O2. The molecule has 16 heavy (non-hydrogen) atoms. The third-order valence-electron chi connectivity index (χ3n) is 2.33. The predicted molar refractivity (Wildman–Crippen MR) is 64.8 cm³/mol. The number of unbranched alkanes of at least 4 members (excludes halogenated alkanes) is 1. The molecule has 88 valence electrons. The number of urea groups is 1. The summed E-state index contributed by atoms with van der Waals surface area (Å²) in [7, 11) is 1.68. The van der Waals surface area contributed by atoms with Crippen molar-refractivity contribution in [1.82, 2.24) is 5.32 Å². The molecule has 0 aromatic heterocycles. The molecule has 0 fully saturated rings. The molecule has 0 unspecified atom stereocenters. The lowest BCUT2D eigenvalue weighted by atomic mass is 10.3. The molecule has 0 atom stereocenters. The zero-order valence-electron chi connectivity index (χ0n) is 9.73. The number of phenols is 1. The van der Waals surface area contributed by atoms with E-state index in [4.69, 9.17) is 0 Å². The molecule has 4 heteroatoms. The first kappa shape index (κ1) is 12.4. The van der Waals surface area contributed by atoms with E-state index in [-0.39, 0.29) is 11.8 Å². The summed E-state index contributed by atoms with van der Waals surface area (Å²) in [5, 5.41) is 12.1. The van der Waals surface area contributed by atoms with Crippen molar-refractivity contribution in [2.24, 2.45) is 0 Å². The van der Waals surface area contributed by atoms with Gasteiger partial charge in [-0.3, -0.25) is 4.90 Å². The fourth-order valence-corrected chi connectivity index (χ4v) is 1.31. The number of nitrogens with zero attached hydrogens (tertiary/aromatic N) is 1. The third kappa shape index (κ3) is 3.46. The van der Waals surface area contributed by atoms with Gasteiger partial charge in [0.2, 0.25) is 0 Å². The van der Waals surface area contributed by atoms with Crippen LogP contribution in [0.5, 0.6) is 5.75 Å². The lowest BCUT2D eigenvalue weighted by Crippen LogP contribution is -2.37. The van der Waals surface area contributed by atoms with E-state index in [9.17, 15) is 9.90 Å². The first-order valence-corrected chi connectivity index (χ1v) is 5.45. The minimum absolute atomic E-state index is 0.154. The quantitative estimate of drug-likeness (QED) is 0.768. The van der Waals surface area contributed by atoms with Gasteiger partial charge in [0.05, 0.1) is 0 Å². The van der Waals surface area contributed by atoms with E-state index in [1.165, 1.54) is 4.90 Å². The zero-order valence-corrected chi connectivity index (χ0v) is 9.73. The van der Waals surface area contributed by atoms with Crippen LogP contribution in [0.3, 0.4) is 0 Å². The van der Waals surface area contributed by atoms with E-state index in [0.29, 0.717) is 12.2 Å². The molecule has 0 radical (unpaired) electrons. The molecule has 1 rings (SSSR count). The summed E-state index contributed by atoms with van der Waals surface area (Å²) in [6.07, 6.45) is 2.02. The molecule has 4 nitrogen and oxygen atoms in total. The maximum Gasteiger partial charge on any atom is 0.321 e. The summed E-state index contributed by atoms with van der Waals surface area (Å²) in [4.78, 5) is 13.1. The van der Waals surface area contributed by atoms with Crippen LogP contribution >= 0.6 is 0 Å². The van der Waals surface area contributed by atoms with E-state index < -0.39 is 0 Å². The second kappa shape index (κ2) is 6.00. The number of carbonyl (C=O) groups excluding carboxylic acids is 1. The Bertz CT molecular complexity index is 353. The van der Waals surface area contributed by atoms with Crippen molar-refractivity contribution in [2.45, 2.75) is 19.8 Å². The molecular weight excluding hydrogens is 204 g/mol. The zero-order chi connectivity index (χ0) is 12.0. The van der Waals surface area contributed by atoms with E-state index in [0.717, 1.165) is 12.8 Å². The number of rotatable bonds is 4. The lowest BCUT2D eigenvalue weighted by molar-refractivity contribution is 0.247. The SMILES string of the molecule is CCCCNC(=O)N(C)c1cccc(O)c1. The Hall–Kier alpha value is -1.71. The fraction of sp³-hybridized carbons (Fsp3) is 0.417. The van der Waals surface area contributed by atoms with Gasteiger partial charge in [-0.05, 0) is 18.6 Å². The first-order valence-electron chi connectivity index (χ1n) is 5.45. The van der Waals surface area contributed by atoms with Crippen LogP contribution in [0, 0.1) is 0 Å². The number of nitrogens with one attached hydrogen (secondary N) is 1. The smallest absolute Gasteiger partial charge is 0.321 e. The van der Waals surface area contributed by atoms with Crippen LogP contribution in [-0.2, 0) is 0 Å². The Labute approximate surface area is 95.9 Å². The monoisotopic (exact) mass is 222 g/mol. The van der Waals surface area contributed by atoms with Crippen LogP contribution in [0.4, 0.5) is 10.5 Å². The highest BCUT2D eigenvalue weighted by Gasteiger charge is 2.09. The van der Waals surface area contributed by atoms with Crippen molar-refractivity contribution < 1.29 is 9.90 Å². The van der Waals surface area contributed by atoms with Crippen molar-refractivity contribution >= 4 is 11.7 Å². The lowest BCUT2D eigenvalue weighted by Gasteiger charge is -2.18. The highest BCUT2D eigenvalue weighted by Crippen LogP contribution is 2.18. The van der Waals surface area contributed by atoms with Crippen LogP contribution in [0.25, 0.3) is 0 Å². The molecule has 2 N–H and O–H groups in total. The van der Waals surface area contributed by atoms with Crippen molar-refractivity contribution in [2.75, 3.05) is 18.5 Å². The number of benzene rings is 1. The second-order valence-corrected chi connectivity index (χ2v) is 3.66. The Kier molecular flexibility index (Phi) is 4.64. The number of hydrogen-bond acceptors (Lipinski definition) is 2. The molecule has 2 amide bonds. The molecule has 0 spiro atoms. The second-order valence-electron chi connectivity index (χ2n) is 3.66. The van der Waals surface area contributed by atoms with Gasteiger partial charge in [-0.1, -0.05) is 19.4 Å². The number of carbonyl (C=O) groups is 1. The van der Waals surface area contributed by atoms with E-state index in [2.05, 4.69) is 12.2 Å². The molecule has 0 aliphatic carbocycles. The largest absolute Gasteiger partial charge is 0.508 e. The molecule has 1 aromatic rings. The Morgan fingerprint density at radius 3 is 2.88 bits per heavy atom. The van der Waals surface area contributed by atoms with Gasteiger partial charge >= 0.3 is 6.03 Å². The van der Waals surface area contributed by atoms with Gasteiger partial charge in [0.15, 0.2) is 0 Å². The van der Waals surface area contributed by atoms with Gasteiger partial charge in [-0.2, -0.15) is 0 Å². The van der Waals surface area contributed by atoms with Crippen LogP contribution in [-0.4, -0.2) is 24.7 Å². The predicted octanol–water partition coefficient (Wildman–Crippen LogP) is 2.34. The van der Waals surface area contributed by atoms with Gasteiger partial charge in [-0.25, -0.2) is 4.79 Å². The molecule has 0 heterocycles. The van der Waals surface area contributed by atoms with Gasteiger partial charge < -0.3 is 10.4 Å². The normalized spacial score (nSPS) is 9.88. The van der Waals surface area contributed by atoms with Crippen LogP contribution < -0.4 is 10.2 Å². The number of amides is 2. The Morgan fingerprint density at radius 2 is 2.25 bits per heavy atom. The van der Waals surface area contributed by atoms with E-state index >= 15 is 0 Å². The molecule has 1 aromatic carbocycles. The van der Waals surface area contributed by atoms with E-state index in [1.54, 1.807) is 31.3 Å². The maximum absolute atomic E-state index is 11.7. The minimum Gasteiger partial charge on any atom is -0.508 e. The summed E-state index contributed by atoms with van der Waals surface area (Å²) in [6, 6.07) is 6.46. The number of anilines is 1. The summed E-state index contributed by atoms with van der Waals surface area (Å²) in [5.41, 5.74) is 0.675. The van der Waals surface area contributed by atoms with E-state index in [1.807, 2.05) is 0 Å². The average Bonchev–Trinajstić information content (AvgIpc) is 2.28. The molecule has 0 aliphatic rings. The van der Waals surface area contributed by atoms with Crippen molar-refractivity contribution in [3.8, 4) is 5.75 Å². The van der Waals surface area contributed by atoms with Crippen molar-refractivity contribution in [3.63, 3.8) is 0 Å².